The molecule has 1 aliphatic rings. The molecule has 2 atom stereocenters. The van der Waals surface area contributed by atoms with Crippen LogP contribution in [0.5, 0.6) is 0 Å². The van der Waals surface area contributed by atoms with Gasteiger partial charge in [-0.25, -0.2) is 0 Å². The molecular weight excluding hydrogens is 258 g/mol. The summed E-state index contributed by atoms with van der Waals surface area (Å²) in [6.07, 6.45) is 4.38. The summed E-state index contributed by atoms with van der Waals surface area (Å²) in [4.78, 5) is 7.04. The third-order valence-electron chi connectivity index (χ3n) is 4.40. The largest absolute Gasteiger partial charge is 0.311 e. The van der Waals surface area contributed by atoms with Crippen molar-refractivity contribution in [3.63, 3.8) is 0 Å². The van der Waals surface area contributed by atoms with Gasteiger partial charge in [0.15, 0.2) is 0 Å². The predicted molar refractivity (Wildman–Crippen MR) is 88.3 cm³/mol. The van der Waals surface area contributed by atoms with E-state index in [4.69, 9.17) is 0 Å². The number of rotatable bonds is 4. The van der Waals surface area contributed by atoms with Gasteiger partial charge >= 0.3 is 0 Å². The number of piperazine rings is 1. The molecule has 1 aliphatic heterocycles. The Hall–Kier alpha value is -1.45. The molecule has 0 amide bonds. The summed E-state index contributed by atoms with van der Waals surface area (Å²) in [6, 6.07) is 12.1. The van der Waals surface area contributed by atoms with Gasteiger partial charge in [0.2, 0.25) is 0 Å². The van der Waals surface area contributed by atoms with Crippen molar-refractivity contribution in [3.05, 3.63) is 42.1 Å². The number of nitrogens with one attached hydrogen (secondary N) is 1. The number of nitrogens with zero attached hydrogens (tertiary/aromatic N) is 2. The number of hydrogen-bond acceptors (Lipinski definition) is 3. The minimum Gasteiger partial charge on any atom is -0.311 e. The van der Waals surface area contributed by atoms with Gasteiger partial charge in [-0.3, -0.25) is 9.88 Å². The molecule has 112 valence electrons. The molecule has 1 fully saturated rings. The maximum Gasteiger partial charge on any atom is 0.0702 e. The molecule has 2 aromatic rings. The van der Waals surface area contributed by atoms with E-state index in [1.54, 1.807) is 0 Å². The zero-order valence-electron chi connectivity index (χ0n) is 13.0. The van der Waals surface area contributed by atoms with Gasteiger partial charge in [0.1, 0.15) is 0 Å². The molecule has 0 radical (unpaired) electrons. The van der Waals surface area contributed by atoms with Crippen molar-refractivity contribution in [1.82, 2.24) is 15.2 Å². The summed E-state index contributed by atoms with van der Waals surface area (Å²) in [7, 11) is 0. The summed E-state index contributed by atoms with van der Waals surface area (Å²) >= 11 is 0. The Bertz CT molecular complexity index is 596. The van der Waals surface area contributed by atoms with Crippen LogP contribution in [0.4, 0.5) is 0 Å². The van der Waals surface area contributed by atoms with Crippen LogP contribution in [0.2, 0.25) is 0 Å². The summed E-state index contributed by atoms with van der Waals surface area (Å²) in [5.74, 6) is 0. The molecule has 2 unspecified atom stereocenters. The summed E-state index contributed by atoms with van der Waals surface area (Å²) in [6.45, 7) is 7.85. The van der Waals surface area contributed by atoms with E-state index in [9.17, 15) is 0 Å². The van der Waals surface area contributed by atoms with E-state index in [0.29, 0.717) is 12.1 Å². The lowest BCUT2D eigenvalue weighted by Gasteiger charge is -2.39. The van der Waals surface area contributed by atoms with E-state index < -0.39 is 0 Å². The fourth-order valence-electron chi connectivity index (χ4n) is 3.30. The number of pyridine rings is 1. The molecule has 0 aliphatic carbocycles. The van der Waals surface area contributed by atoms with E-state index in [2.05, 4.69) is 53.3 Å². The highest BCUT2D eigenvalue weighted by molar-refractivity contribution is 5.78. The molecule has 1 aromatic carbocycles. The third kappa shape index (κ3) is 3.42. The summed E-state index contributed by atoms with van der Waals surface area (Å²) in [5.41, 5.74) is 2.48. The molecule has 1 aromatic heterocycles. The number of hydrogen-bond donors (Lipinski definition) is 1. The fraction of sp³-hybridized carbons (Fsp3) is 0.500. The second kappa shape index (κ2) is 6.54. The molecular formula is C18H25N3. The lowest BCUT2D eigenvalue weighted by Crippen LogP contribution is -2.54. The summed E-state index contributed by atoms with van der Waals surface area (Å²) in [5, 5.41) is 4.85. The third-order valence-corrected chi connectivity index (χ3v) is 4.40. The van der Waals surface area contributed by atoms with Crippen LogP contribution in [0.15, 0.2) is 36.5 Å². The van der Waals surface area contributed by atoms with E-state index in [-0.39, 0.29) is 0 Å². The Kier molecular flexibility index (Phi) is 4.51. The Morgan fingerprint density at radius 1 is 1.33 bits per heavy atom. The Labute approximate surface area is 127 Å². The molecule has 1 N–H and O–H groups in total. The smallest absolute Gasteiger partial charge is 0.0702 e. The molecule has 3 rings (SSSR count). The van der Waals surface area contributed by atoms with E-state index in [1.165, 1.54) is 23.8 Å². The van der Waals surface area contributed by atoms with Crippen LogP contribution in [-0.4, -0.2) is 35.1 Å². The summed E-state index contributed by atoms with van der Waals surface area (Å²) < 4.78 is 0. The van der Waals surface area contributed by atoms with E-state index >= 15 is 0 Å². The van der Waals surface area contributed by atoms with Crippen LogP contribution < -0.4 is 5.32 Å². The van der Waals surface area contributed by atoms with E-state index in [1.807, 2.05) is 12.3 Å². The highest BCUT2D eigenvalue weighted by atomic mass is 15.2. The normalized spacial score (nSPS) is 23.5. The molecule has 0 spiro atoms. The molecule has 21 heavy (non-hydrogen) atoms. The Morgan fingerprint density at radius 2 is 2.24 bits per heavy atom. The molecule has 3 nitrogen and oxygen atoms in total. The minimum atomic E-state index is 0.584. The van der Waals surface area contributed by atoms with Gasteiger partial charge in [-0.2, -0.15) is 0 Å². The number of fused-ring (bicyclic) bond motifs is 1. The molecule has 1 saturated heterocycles. The van der Waals surface area contributed by atoms with Gasteiger partial charge in [-0.05, 0) is 37.1 Å². The monoisotopic (exact) mass is 283 g/mol. The second-order valence-electron chi connectivity index (χ2n) is 6.21. The van der Waals surface area contributed by atoms with Crippen LogP contribution >= 0.6 is 0 Å². The van der Waals surface area contributed by atoms with Crippen molar-refractivity contribution >= 4 is 10.9 Å². The first-order chi connectivity index (χ1) is 10.3. The molecule has 2 heterocycles. The lowest BCUT2D eigenvalue weighted by atomic mass is 10.0. The zero-order chi connectivity index (χ0) is 14.7. The highest BCUT2D eigenvalue weighted by Gasteiger charge is 2.24. The quantitative estimate of drug-likeness (QED) is 0.934. The minimum absolute atomic E-state index is 0.584. The van der Waals surface area contributed by atoms with Crippen molar-refractivity contribution in [2.45, 2.75) is 45.3 Å². The maximum absolute atomic E-state index is 4.40. The topological polar surface area (TPSA) is 28.2 Å². The first-order valence-corrected chi connectivity index (χ1v) is 8.07. The van der Waals surface area contributed by atoms with Crippen molar-refractivity contribution in [3.8, 4) is 0 Å². The van der Waals surface area contributed by atoms with Crippen LogP contribution in [0.1, 0.15) is 32.3 Å². The average Bonchev–Trinajstić information content (AvgIpc) is 2.50. The van der Waals surface area contributed by atoms with Crippen LogP contribution in [0, 0.1) is 0 Å². The number of aromatic nitrogens is 1. The van der Waals surface area contributed by atoms with Crippen LogP contribution in [0.25, 0.3) is 10.9 Å². The maximum atomic E-state index is 4.40. The van der Waals surface area contributed by atoms with Crippen molar-refractivity contribution < 1.29 is 0 Å². The van der Waals surface area contributed by atoms with Gasteiger partial charge in [0.05, 0.1) is 5.52 Å². The van der Waals surface area contributed by atoms with Crippen LogP contribution in [0.3, 0.4) is 0 Å². The first kappa shape index (κ1) is 14.5. The van der Waals surface area contributed by atoms with Crippen molar-refractivity contribution in [2.24, 2.45) is 0 Å². The Morgan fingerprint density at radius 3 is 3.10 bits per heavy atom. The SMILES string of the molecule is CCCC1CNC(C)CN1Cc1ccc2ncccc2c1. The van der Waals surface area contributed by atoms with Gasteiger partial charge in [-0.15, -0.1) is 0 Å². The van der Waals surface area contributed by atoms with Gasteiger partial charge in [0.25, 0.3) is 0 Å². The first-order valence-electron chi connectivity index (χ1n) is 8.07. The van der Waals surface area contributed by atoms with Crippen molar-refractivity contribution in [2.75, 3.05) is 13.1 Å². The van der Waals surface area contributed by atoms with Crippen LogP contribution in [-0.2, 0) is 6.54 Å². The standard InChI is InChI=1S/C18H25N3/c1-3-5-17-11-20-14(2)12-21(17)13-15-7-8-18-16(10-15)6-4-9-19-18/h4,6-10,14,17,20H,3,5,11-13H2,1-2H3. The molecule has 0 bridgehead atoms. The Balaban J connectivity index is 1.78. The highest BCUT2D eigenvalue weighted by Crippen LogP contribution is 2.19. The van der Waals surface area contributed by atoms with E-state index in [0.717, 1.165) is 25.2 Å². The zero-order valence-corrected chi connectivity index (χ0v) is 13.0. The van der Waals surface area contributed by atoms with Crippen molar-refractivity contribution in [1.29, 1.82) is 0 Å². The van der Waals surface area contributed by atoms with Gasteiger partial charge in [0, 0.05) is 43.3 Å². The average molecular weight is 283 g/mol. The molecule has 3 heteroatoms. The lowest BCUT2D eigenvalue weighted by molar-refractivity contribution is 0.120. The fourth-order valence-corrected chi connectivity index (χ4v) is 3.30. The predicted octanol–water partition coefficient (Wildman–Crippen LogP) is 3.20. The number of benzene rings is 1. The molecule has 0 saturated carbocycles. The van der Waals surface area contributed by atoms with Gasteiger partial charge < -0.3 is 5.32 Å². The second-order valence-corrected chi connectivity index (χ2v) is 6.21. The van der Waals surface area contributed by atoms with Gasteiger partial charge in [-0.1, -0.05) is 25.5 Å².